The van der Waals surface area contributed by atoms with Crippen LogP contribution in [0, 0.1) is 10.4 Å². The van der Waals surface area contributed by atoms with Gasteiger partial charge in [0.25, 0.3) is 0 Å². The summed E-state index contributed by atoms with van der Waals surface area (Å²) in [6.45, 7) is 0. The third kappa shape index (κ3) is 1.59. The summed E-state index contributed by atoms with van der Waals surface area (Å²) in [5.74, 6) is 0. The first-order valence-electron chi connectivity index (χ1n) is 3.54. The molecule has 14 heavy (non-hydrogen) atoms. The van der Waals surface area contributed by atoms with Gasteiger partial charge in [0.05, 0.1) is 0 Å². The molecule has 2 rings (SSSR count). The van der Waals surface area contributed by atoms with Gasteiger partial charge in [0.1, 0.15) is 0 Å². The number of hydrogen-bond acceptors (Lipinski definition) is 3. The maximum atomic E-state index is 11.1. The largest absolute Gasteiger partial charge is 1.00 e. The second-order valence-electron chi connectivity index (χ2n) is 2.49. The maximum absolute atomic E-state index is 11.1. The Morgan fingerprint density at radius 2 is 1.71 bits per heavy atom. The van der Waals surface area contributed by atoms with Crippen LogP contribution in [0.1, 0.15) is 0 Å². The third-order valence-electron chi connectivity index (χ3n) is 1.70. The van der Waals surface area contributed by atoms with Crippen LogP contribution in [-0.2, 0) is 0 Å². The second kappa shape index (κ2) is 3.95. The van der Waals surface area contributed by atoms with E-state index in [2.05, 4.69) is 0 Å². The van der Waals surface area contributed by atoms with E-state index in [0.717, 1.165) is 0 Å². The van der Waals surface area contributed by atoms with E-state index in [4.69, 9.17) is 0 Å². The normalized spacial score (nSPS) is 9.71. The maximum Gasteiger partial charge on any atom is 1.00 e. The standard InChI is InChI=1S/C7H5N3O3.Na/c11-7-8-10(13)6-4-2-1-3-5(6)9(7)12;/h1-4H,(H,8,11);/q;+1. The molecule has 0 aliphatic heterocycles. The average Bonchev–Trinajstić information content (AvgIpc) is 2.15. The summed E-state index contributed by atoms with van der Waals surface area (Å²) in [7, 11) is 0. The number of rotatable bonds is 0. The molecule has 0 bridgehead atoms. The molecule has 1 aromatic heterocycles. The second-order valence-corrected chi connectivity index (χ2v) is 2.49. The molecule has 0 spiro atoms. The van der Waals surface area contributed by atoms with Crippen molar-refractivity contribution < 1.29 is 39.1 Å². The third-order valence-corrected chi connectivity index (χ3v) is 1.70. The van der Waals surface area contributed by atoms with Crippen molar-refractivity contribution in [1.82, 2.24) is 5.10 Å². The van der Waals surface area contributed by atoms with Crippen LogP contribution in [0.5, 0.6) is 0 Å². The van der Waals surface area contributed by atoms with Gasteiger partial charge in [-0.1, -0.05) is 12.1 Å². The molecule has 6 nitrogen and oxygen atoms in total. The van der Waals surface area contributed by atoms with Gasteiger partial charge >= 0.3 is 40.8 Å². The van der Waals surface area contributed by atoms with Gasteiger partial charge in [-0.15, -0.1) is 0 Å². The smallest absolute Gasteiger partial charge is 0.707 e. The summed E-state index contributed by atoms with van der Waals surface area (Å²) in [4.78, 5) is 11.1. The molecule has 1 aromatic carbocycles. The Morgan fingerprint density at radius 1 is 1.14 bits per heavy atom. The number of fused-ring (bicyclic) bond motifs is 1. The molecule has 0 aliphatic carbocycles. The van der Waals surface area contributed by atoms with Crippen LogP contribution in [-0.4, -0.2) is 5.10 Å². The number of aromatic amines is 1. The molecule has 1 N–H and O–H groups in total. The Labute approximate surface area is 100 Å². The Kier molecular flexibility index (Phi) is 3.10. The van der Waals surface area contributed by atoms with E-state index < -0.39 is 5.69 Å². The van der Waals surface area contributed by atoms with E-state index in [1.54, 1.807) is 12.1 Å². The molecule has 0 saturated heterocycles. The summed E-state index contributed by atoms with van der Waals surface area (Å²) in [6, 6.07) is 6.05. The van der Waals surface area contributed by atoms with Crippen molar-refractivity contribution in [2.75, 3.05) is 0 Å². The number of benzene rings is 1. The molecule has 0 unspecified atom stereocenters. The number of para-hydroxylation sites is 2. The SMILES string of the molecule is O=c1[nH][n+]([O-])c2ccccc2[n+]1[O-].[Na+]. The molecule has 0 saturated carbocycles. The summed E-state index contributed by atoms with van der Waals surface area (Å²) >= 11 is 0. The van der Waals surface area contributed by atoms with Crippen LogP contribution in [0.4, 0.5) is 0 Å². The number of hydrogen-bond donors (Lipinski definition) is 1. The summed E-state index contributed by atoms with van der Waals surface area (Å²) < 4.78 is 0.143. The van der Waals surface area contributed by atoms with Gasteiger partial charge in [0.2, 0.25) is 5.52 Å². The quantitative estimate of drug-likeness (QED) is 0.267. The van der Waals surface area contributed by atoms with Crippen molar-refractivity contribution >= 4 is 11.0 Å². The van der Waals surface area contributed by atoms with Crippen LogP contribution in [0.2, 0.25) is 0 Å². The molecule has 0 radical (unpaired) electrons. The molecule has 0 fully saturated rings. The van der Waals surface area contributed by atoms with E-state index >= 15 is 0 Å². The van der Waals surface area contributed by atoms with Gasteiger partial charge in [-0.05, 0) is 6.07 Å². The number of nitrogens with zero attached hydrogens (tertiary/aromatic N) is 2. The number of nitrogens with one attached hydrogen (secondary N) is 1. The minimum absolute atomic E-state index is 0. The van der Waals surface area contributed by atoms with Gasteiger partial charge in [-0.2, -0.15) is 9.52 Å². The van der Waals surface area contributed by atoms with Crippen LogP contribution >= 0.6 is 0 Å². The Hall–Kier alpha value is -1.11. The molecule has 1 heterocycles. The van der Waals surface area contributed by atoms with Gasteiger partial charge < -0.3 is 10.4 Å². The summed E-state index contributed by atoms with van der Waals surface area (Å²) in [6.07, 6.45) is 0. The zero-order chi connectivity index (χ0) is 9.42. The first-order chi connectivity index (χ1) is 6.20. The van der Waals surface area contributed by atoms with E-state index in [-0.39, 0.29) is 50.2 Å². The van der Waals surface area contributed by atoms with Gasteiger partial charge in [-0.25, -0.2) is 0 Å². The molecular formula is C7H5N3NaO3+. The predicted octanol–water partition coefficient (Wildman–Crippen LogP) is -4.20. The predicted molar refractivity (Wildman–Crippen MR) is 42.5 cm³/mol. The first kappa shape index (κ1) is 11.0. The molecule has 7 heteroatoms. The monoisotopic (exact) mass is 202 g/mol. The van der Waals surface area contributed by atoms with Gasteiger partial charge in [0.15, 0.2) is 0 Å². The van der Waals surface area contributed by atoms with Crippen molar-refractivity contribution in [3.63, 3.8) is 0 Å². The summed E-state index contributed by atoms with van der Waals surface area (Å²) in [5.41, 5.74) is -0.785. The molecule has 0 aliphatic rings. The molecule has 2 aromatic rings. The fraction of sp³-hybridized carbons (Fsp3) is 0. The Morgan fingerprint density at radius 3 is 2.36 bits per heavy atom. The van der Waals surface area contributed by atoms with E-state index in [1.807, 2.05) is 5.10 Å². The Balaban J connectivity index is 0.000000980. The van der Waals surface area contributed by atoms with Gasteiger partial charge in [-0.3, -0.25) is 0 Å². The first-order valence-corrected chi connectivity index (χ1v) is 3.54. The van der Waals surface area contributed by atoms with Crippen LogP contribution < -0.4 is 44.8 Å². The zero-order valence-corrected chi connectivity index (χ0v) is 9.43. The van der Waals surface area contributed by atoms with Crippen molar-refractivity contribution in [2.45, 2.75) is 0 Å². The van der Waals surface area contributed by atoms with E-state index in [1.165, 1.54) is 12.1 Å². The molecule has 66 valence electrons. The molecular weight excluding hydrogens is 197 g/mol. The van der Waals surface area contributed by atoms with E-state index in [9.17, 15) is 15.2 Å². The van der Waals surface area contributed by atoms with Crippen molar-refractivity contribution in [2.24, 2.45) is 0 Å². The zero-order valence-electron chi connectivity index (χ0n) is 7.43. The van der Waals surface area contributed by atoms with Crippen LogP contribution in [0.3, 0.4) is 0 Å². The average molecular weight is 202 g/mol. The Bertz CT molecular complexity index is 525. The van der Waals surface area contributed by atoms with Gasteiger partial charge in [0, 0.05) is 16.0 Å². The fourth-order valence-corrected chi connectivity index (χ4v) is 1.11. The van der Waals surface area contributed by atoms with E-state index in [0.29, 0.717) is 0 Å². The topological polar surface area (TPSA) is 86.7 Å². The van der Waals surface area contributed by atoms with Crippen molar-refractivity contribution in [1.29, 1.82) is 0 Å². The number of aromatic nitrogens is 3. The number of H-pyrrole nitrogens is 1. The molecule has 0 atom stereocenters. The van der Waals surface area contributed by atoms with Crippen LogP contribution in [0.25, 0.3) is 11.0 Å². The van der Waals surface area contributed by atoms with Crippen molar-refractivity contribution in [3.8, 4) is 0 Å². The van der Waals surface area contributed by atoms with Crippen molar-refractivity contribution in [3.05, 3.63) is 45.2 Å². The minimum Gasteiger partial charge on any atom is -0.707 e. The summed E-state index contributed by atoms with van der Waals surface area (Å²) in [5, 5.41) is 24.0. The van der Waals surface area contributed by atoms with Crippen LogP contribution in [0.15, 0.2) is 29.1 Å². The fourth-order valence-electron chi connectivity index (χ4n) is 1.11. The minimum atomic E-state index is -0.978. The molecule has 0 amide bonds.